The van der Waals surface area contributed by atoms with Crippen LogP contribution >= 0.6 is 34.9 Å². The van der Waals surface area contributed by atoms with Crippen LogP contribution in [0.1, 0.15) is 26.7 Å². The van der Waals surface area contributed by atoms with Gasteiger partial charge in [0.2, 0.25) is 5.91 Å². The third-order valence-corrected chi connectivity index (χ3v) is 5.09. The van der Waals surface area contributed by atoms with Crippen LogP contribution in [0.4, 0.5) is 0 Å². The van der Waals surface area contributed by atoms with Crippen molar-refractivity contribution in [3.05, 3.63) is 0 Å². The Kier molecular flexibility index (Phi) is 7.63. The van der Waals surface area contributed by atoms with Crippen molar-refractivity contribution in [2.24, 2.45) is 0 Å². The van der Waals surface area contributed by atoms with Gasteiger partial charge in [0.1, 0.15) is 0 Å². The Morgan fingerprint density at radius 2 is 2.00 bits per heavy atom. The van der Waals surface area contributed by atoms with Gasteiger partial charge in [0.15, 0.2) is 8.68 Å². The average molecular weight is 291 g/mol. The van der Waals surface area contributed by atoms with Crippen molar-refractivity contribution in [1.82, 2.24) is 15.5 Å². The minimum Gasteiger partial charge on any atom is -0.356 e. The molecule has 0 aliphatic rings. The molecular weight excluding hydrogens is 274 g/mol. The Morgan fingerprint density at radius 3 is 2.65 bits per heavy atom. The molecule has 1 aromatic heterocycles. The highest BCUT2D eigenvalue weighted by Gasteiger charge is 2.07. The number of amides is 1. The summed E-state index contributed by atoms with van der Waals surface area (Å²) in [5, 5.41) is 10.9. The molecule has 1 N–H and O–H groups in total. The van der Waals surface area contributed by atoms with E-state index in [-0.39, 0.29) is 5.91 Å². The lowest BCUT2D eigenvalue weighted by Gasteiger charge is -1.98. The molecular formula is C10H17N3OS3. The standard InChI is InChI=1S/C10H17N3OS3/c1-3-5-6-15-9-12-13-10(17-9)16-7-8(14)11-4-2/h3-7H2,1-2H3,(H,11,14). The van der Waals surface area contributed by atoms with Crippen molar-refractivity contribution < 1.29 is 4.79 Å². The third-order valence-electron chi connectivity index (χ3n) is 1.81. The number of rotatable bonds is 8. The van der Waals surface area contributed by atoms with Gasteiger partial charge in [-0.3, -0.25) is 4.79 Å². The van der Waals surface area contributed by atoms with Gasteiger partial charge in [-0.25, -0.2) is 0 Å². The van der Waals surface area contributed by atoms with Crippen LogP contribution in [0.15, 0.2) is 8.68 Å². The summed E-state index contributed by atoms with van der Waals surface area (Å²) >= 11 is 4.76. The molecule has 96 valence electrons. The molecule has 4 nitrogen and oxygen atoms in total. The van der Waals surface area contributed by atoms with Crippen molar-refractivity contribution >= 4 is 40.8 Å². The smallest absolute Gasteiger partial charge is 0.230 e. The summed E-state index contributed by atoms with van der Waals surface area (Å²) in [5.41, 5.74) is 0. The Bertz CT molecular complexity index is 343. The van der Waals surface area contributed by atoms with Crippen LogP contribution in [-0.4, -0.2) is 34.2 Å². The van der Waals surface area contributed by atoms with E-state index in [0.717, 1.165) is 14.4 Å². The number of aromatic nitrogens is 2. The first-order valence-corrected chi connectivity index (χ1v) is 8.40. The second-order valence-corrected chi connectivity index (χ2v) is 6.82. The minimum absolute atomic E-state index is 0.0490. The monoisotopic (exact) mass is 291 g/mol. The zero-order valence-corrected chi connectivity index (χ0v) is 12.5. The number of unbranched alkanes of at least 4 members (excludes halogenated alkanes) is 1. The number of nitrogens with one attached hydrogen (secondary N) is 1. The molecule has 0 atom stereocenters. The number of hydrogen-bond donors (Lipinski definition) is 1. The fraction of sp³-hybridized carbons (Fsp3) is 0.700. The summed E-state index contributed by atoms with van der Waals surface area (Å²) < 4.78 is 1.87. The largest absolute Gasteiger partial charge is 0.356 e. The summed E-state index contributed by atoms with van der Waals surface area (Å²) in [4.78, 5) is 11.3. The highest BCUT2D eigenvalue weighted by Crippen LogP contribution is 2.28. The normalized spacial score (nSPS) is 10.5. The van der Waals surface area contributed by atoms with E-state index in [9.17, 15) is 4.79 Å². The van der Waals surface area contributed by atoms with E-state index in [2.05, 4.69) is 22.4 Å². The minimum atomic E-state index is 0.0490. The molecule has 17 heavy (non-hydrogen) atoms. The Balaban J connectivity index is 2.27. The van der Waals surface area contributed by atoms with Crippen molar-refractivity contribution in [1.29, 1.82) is 0 Å². The number of thioether (sulfide) groups is 2. The quantitative estimate of drug-likeness (QED) is 0.589. The van der Waals surface area contributed by atoms with Crippen LogP contribution in [0.3, 0.4) is 0 Å². The molecule has 7 heteroatoms. The molecule has 1 amide bonds. The number of carbonyl (C=O) groups is 1. The lowest BCUT2D eigenvalue weighted by molar-refractivity contribution is -0.118. The molecule has 0 spiro atoms. The highest BCUT2D eigenvalue weighted by atomic mass is 32.2. The Morgan fingerprint density at radius 1 is 1.29 bits per heavy atom. The van der Waals surface area contributed by atoms with Gasteiger partial charge in [-0.2, -0.15) is 0 Å². The van der Waals surface area contributed by atoms with Crippen molar-refractivity contribution in [3.8, 4) is 0 Å². The lowest BCUT2D eigenvalue weighted by atomic mass is 10.4. The predicted molar refractivity (Wildman–Crippen MR) is 74.9 cm³/mol. The van der Waals surface area contributed by atoms with Crippen LogP contribution in [0.25, 0.3) is 0 Å². The fourth-order valence-corrected chi connectivity index (χ4v) is 4.00. The molecule has 0 aromatic carbocycles. The van der Waals surface area contributed by atoms with Gasteiger partial charge >= 0.3 is 0 Å². The molecule has 0 bridgehead atoms. The van der Waals surface area contributed by atoms with E-state index < -0.39 is 0 Å². The van der Waals surface area contributed by atoms with Crippen LogP contribution in [-0.2, 0) is 4.79 Å². The van der Waals surface area contributed by atoms with E-state index in [0.29, 0.717) is 12.3 Å². The fourth-order valence-electron chi connectivity index (χ4n) is 0.993. The average Bonchev–Trinajstić information content (AvgIpc) is 2.75. The zero-order chi connectivity index (χ0) is 12.5. The van der Waals surface area contributed by atoms with Crippen LogP contribution < -0.4 is 5.32 Å². The molecule has 0 aliphatic heterocycles. The Hall–Kier alpha value is -0.270. The van der Waals surface area contributed by atoms with Crippen molar-refractivity contribution in [2.45, 2.75) is 35.4 Å². The first kappa shape index (κ1) is 14.8. The van der Waals surface area contributed by atoms with Gasteiger partial charge in [0, 0.05) is 12.3 Å². The van der Waals surface area contributed by atoms with E-state index in [4.69, 9.17) is 0 Å². The highest BCUT2D eigenvalue weighted by molar-refractivity contribution is 8.03. The number of hydrogen-bond acceptors (Lipinski definition) is 6. The molecule has 1 rings (SSSR count). The van der Waals surface area contributed by atoms with Gasteiger partial charge in [0.25, 0.3) is 0 Å². The summed E-state index contributed by atoms with van der Waals surface area (Å²) in [6, 6.07) is 0. The van der Waals surface area contributed by atoms with Crippen molar-refractivity contribution in [2.75, 3.05) is 18.1 Å². The molecule has 0 radical (unpaired) electrons. The van der Waals surface area contributed by atoms with Gasteiger partial charge < -0.3 is 5.32 Å². The van der Waals surface area contributed by atoms with Crippen molar-refractivity contribution in [3.63, 3.8) is 0 Å². The first-order valence-electron chi connectivity index (χ1n) is 5.62. The van der Waals surface area contributed by atoms with Gasteiger partial charge in [-0.05, 0) is 13.3 Å². The summed E-state index contributed by atoms with van der Waals surface area (Å²) in [7, 11) is 0. The predicted octanol–water partition coefficient (Wildman–Crippen LogP) is 2.66. The number of nitrogens with zero attached hydrogens (tertiary/aromatic N) is 2. The molecule has 0 saturated heterocycles. The van der Waals surface area contributed by atoms with E-state index in [1.165, 1.54) is 24.6 Å². The maximum absolute atomic E-state index is 11.3. The lowest BCUT2D eigenvalue weighted by Crippen LogP contribution is -2.24. The van der Waals surface area contributed by atoms with Gasteiger partial charge in [-0.1, -0.05) is 48.2 Å². The maximum atomic E-state index is 11.3. The zero-order valence-electron chi connectivity index (χ0n) is 10.1. The second-order valence-electron chi connectivity index (χ2n) is 3.28. The first-order chi connectivity index (χ1) is 8.26. The topological polar surface area (TPSA) is 54.9 Å². The molecule has 0 aliphatic carbocycles. The molecule has 0 saturated carbocycles. The SMILES string of the molecule is CCCCSc1nnc(SCC(=O)NCC)s1. The third kappa shape index (κ3) is 6.28. The second kappa shape index (κ2) is 8.77. The maximum Gasteiger partial charge on any atom is 0.230 e. The molecule has 1 aromatic rings. The number of carbonyl (C=O) groups excluding carboxylic acids is 1. The molecule has 0 unspecified atom stereocenters. The van der Waals surface area contributed by atoms with Crippen LogP contribution in [0, 0.1) is 0 Å². The Labute approximate surface area is 114 Å². The van der Waals surface area contributed by atoms with E-state index in [1.54, 1.807) is 23.1 Å². The van der Waals surface area contributed by atoms with Crippen LogP contribution in [0.5, 0.6) is 0 Å². The summed E-state index contributed by atoms with van der Waals surface area (Å²) in [5.74, 6) is 1.56. The van der Waals surface area contributed by atoms with Crippen LogP contribution in [0.2, 0.25) is 0 Å². The molecule has 0 fully saturated rings. The summed E-state index contributed by atoms with van der Waals surface area (Å²) in [6.07, 6.45) is 2.40. The summed E-state index contributed by atoms with van der Waals surface area (Å²) in [6.45, 7) is 4.76. The van der Waals surface area contributed by atoms with Gasteiger partial charge in [0.05, 0.1) is 5.75 Å². The van der Waals surface area contributed by atoms with E-state index in [1.807, 2.05) is 6.92 Å². The molecule has 1 heterocycles. The van der Waals surface area contributed by atoms with E-state index >= 15 is 0 Å². The van der Waals surface area contributed by atoms with Gasteiger partial charge in [-0.15, -0.1) is 10.2 Å².